The number of hydrogen-bond acceptors (Lipinski definition) is 4. The Morgan fingerprint density at radius 1 is 1.44 bits per heavy atom. The summed E-state index contributed by atoms with van der Waals surface area (Å²) < 4.78 is 0. The second-order valence-corrected chi connectivity index (χ2v) is 3.80. The molecule has 88 valence electrons. The predicted molar refractivity (Wildman–Crippen MR) is 66.9 cm³/mol. The molecular weight excluding hydrogens is 226 g/mol. The van der Waals surface area contributed by atoms with Crippen molar-refractivity contribution in [3.05, 3.63) is 29.8 Å². The second kappa shape index (κ2) is 5.76. The van der Waals surface area contributed by atoms with Crippen LogP contribution in [0.1, 0.15) is 11.7 Å². The van der Waals surface area contributed by atoms with Gasteiger partial charge in [0.15, 0.2) is 5.11 Å². The fourth-order valence-corrected chi connectivity index (χ4v) is 1.41. The minimum atomic E-state index is -1.02. The summed E-state index contributed by atoms with van der Waals surface area (Å²) in [6.45, 7) is -0.00583. The van der Waals surface area contributed by atoms with Crippen LogP contribution in [0.5, 0.6) is 0 Å². The van der Waals surface area contributed by atoms with Crippen molar-refractivity contribution in [2.75, 3.05) is 11.9 Å². The van der Waals surface area contributed by atoms with Gasteiger partial charge in [-0.1, -0.05) is 12.1 Å². The number of nitrogens with one attached hydrogen (secondary N) is 1. The van der Waals surface area contributed by atoms with Crippen LogP contribution in [0.4, 0.5) is 5.69 Å². The fourth-order valence-electron chi connectivity index (χ4n) is 1.29. The summed E-state index contributed by atoms with van der Waals surface area (Å²) in [5.74, 6) is 0. The molecule has 0 saturated carbocycles. The summed E-state index contributed by atoms with van der Waals surface area (Å²) in [6.07, 6.45) is -2.00. The van der Waals surface area contributed by atoms with E-state index in [9.17, 15) is 10.2 Å². The van der Waals surface area contributed by atoms with Gasteiger partial charge in [0.25, 0.3) is 0 Å². The van der Waals surface area contributed by atoms with E-state index in [1.807, 2.05) is 0 Å². The van der Waals surface area contributed by atoms with Gasteiger partial charge < -0.3 is 27.0 Å². The van der Waals surface area contributed by atoms with Gasteiger partial charge in [-0.05, 0) is 29.9 Å². The highest BCUT2D eigenvalue weighted by molar-refractivity contribution is 7.80. The normalized spacial score (nSPS) is 14.2. The van der Waals surface area contributed by atoms with Gasteiger partial charge in [0.1, 0.15) is 6.10 Å². The Hall–Kier alpha value is -1.21. The molecule has 0 spiro atoms. The molecule has 5 nitrogen and oxygen atoms in total. The summed E-state index contributed by atoms with van der Waals surface area (Å²) in [7, 11) is 0. The van der Waals surface area contributed by atoms with Crippen LogP contribution in [0.15, 0.2) is 24.3 Å². The lowest BCUT2D eigenvalue weighted by Crippen LogP contribution is -2.27. The molecule has 0 bridgehead atoms. The Bertz CT molecular complexity index is 373. The van der Waals surface area contributed by atoms with E-state index >= 15 is 0 Å². The SMILES string of the molecule is NCC(O)C(O)c1cccc(NC(N)=S)c1. The average Bonchev–Trinajstić information content (AvgIpc) is 2.26. The molecule has 0 aliphatic carbocycles. The van der Waals surface area contributed by atoms with Gasteiger partial charge in [0, 0.05) is 12.2 Å². The highest BCUT2D eigenvalue weighted by Gasteiger charge is 2.16. The number of benzene rings is 1. The Morgan fingerprint density at radius 2 is 2.12 bits per heavy atom. The zero-order valence-corrected chi connectivity index (χ0v) is 9.45. The number of aliphatic hydroxyl groups is 2. The number of thiocarbonyl (C=S) groups is 1. The summed E-state index contributed by atoms with van der Waals surface area (Å²) >= 11 is 4.70. The first-order valence-electron chi connectivity index (χ1n) is 4.77. The van der Waals surface area contributed by atoms with E-state index in [-0.39, 0.29) is 11.7 Å². The van der Waals surface area contributed by atoms with Crippen molar-refractivity contribution in [2.45, 2.75) is 12.2 Å². The monoisotopic (exact) mass is 241 g/mol. The van der Waals surface area contributed by atoms with Gasteiger partial charge in [-0.15, -0.1) is 0 Å². The highest BCUT2D eigenvalue weighted by Crippen LogP contribution is 2.20. The lowest BCUT2D eigenvalue weighted by Gasteiger charge is -2.17. The summed E-state index contributed by atoms with van der Waals surface area (Å²) in [5, 5.41) is 22.0. The molecule has 0 aromatic heterocycles. The number of rotatable bonds is 4. The van der Waals surface area contributed by atoms with Crippen molar-refractivity contribution in [1.29, 1.82) is 0 Å². The molecule has 0 radical (unpaired) electrons. The maximum absolute atomic E-state index is 9.73. The van der Waals surface area contributed by atoms with E-state index in [1.165, 1.54) is 0 Å². The van der Waals surface area contributed by atoms with Crippen molar-refractivity contribution < 1.29 is 10.2 Å². The average molecular weight is 241 g/mol. The summed E-state index contributed by atoms with van der Waals surface area (Å²) in [5.41, 5.74) is 11.8. The molecule has 1 rings (SSSR count). The zero-order valence-electron chi connectivity index (χ0n) is 8.63. The van der Waals surface area contributed by atoms with Gasteiger partial charge >= 0.3 is 0 Å². The smallest absolute Gasteiger partial charge is 0.168 e. The fraction of sp³-hybridized carbons (Fsp3) is 0.300. The molecule has 0 saturated heterocycles. The van der Waals surface area contributed by atoms with Crippen LogP contribution in [0.3, 0.4) is 0 Å². The maximum Gasteiger partial charge on any atom is 0.168 e. The molecule has 16 heavy (non-hydrogen) atoms. The largest absolute Gasteiger partial charge is 0.389 e. The van der Waals surface area contributed by atoms with Gasteiger partial charge in [-0.3, -0.25) is 0 Å². The molecule has 0 amide bonds. The van der Waals surface area contributed by atoms with Crippen LogP contribution < -0.4 is 16.8 Å². The molecule has 1 aromatic rings. The molecule has 7 N–H and O–H groups in total. The molecule has 2 atom stereocenters. The standard InChI is InChI=1S/C10H15N3O2S/c11-5-8(14)9(15)6-2-1-3-7(4-6)13-10(12)16/h1-4,8-9,14-15H,5,11H2,(H3,12,13,16). The first-order valence-corrected chi connectivity index (χ1v) is 5.18. The van der Waals surface area contributed by atoms with Crippen LogP contribution in [0.25, 0.3) is 0 Å². The molecule has 0 aliphatic heterocycles. The number of nitrogens with two attached hydrogens (primary N) is 2. The van der Waals surface area contributed by atoms with Gasteiger partial charge in [0.2, 0.25) is 0 Å². The third kappa shape index (κ3) is 3.42. The van der Waals surface area contributed by atoms with E-state index < -0.39 is 12.2 Å². The third-order valence-corrected chi connectivity index (χ3v) is 2.20. The van der Waals surface area contributed by atoms with E-state index in [4.69, 9.17) is 23.7 Å². The van der Waals surface area contributed by atoms with E-state index in [2.05, 4.69) is 5.32 Å². The van der Waals surface area contributed by atoms with E-state index in [0.29, 0.717) is 11.3 Å². The number of anilines is 1. The molecule has 0 heterocycles. The van der Waals surface area contributed by atoms with E-state index in [0.717, 1.165) is 0 Å². The van der Waals surface area contributed by atoms with Crippen molar-refractivity contribution >= 4 is 23.0 Å². The van der Waals surface area contributed by atoms with Crippen molar-refractivity contribution in [3.8, 4) is 0 Å². The lowest BCUT2D eigenvalue weighted by molar-refractivity contribution is 0.0244. The summed E-state index contributed by atoms with van der Waals surface area (Å²) in [4.78, 5) is 0. The predicted octanol–water partition coefficient (Wildman–Crippen LogP) is -0.305. The first-order chi connectivity index (χ1) is 7.54. The molecule has 6 heteroatoms. The number of hydrogen-bond donors (Lipinski definition) is 5. The second-order valence-electron chi connectivity index (χ2n) is 3.36. The van der Waals surface area contributed by atoms with Crippen molar-refractivity contribution in [1.82, 2.24) is 0 Å². The van der Waals surface area contributed by atoms with Crippen LogP contribution >= 0.6 is 12.2 Å². The minimum absolute atomic E-state index is 0.00583. The first kappa shape index (κ1) is 12.9. The molecule has 0 aliphatic rings. The zero-order chi connectivity index (χ0) is 12.1. The minimum Gasteiger partial charge on any atom is -0.389 e. The summed E-state index contributed by atoms with van der Waals surface area (Å²) in [6, 6.07) is 6.82. The molecular formula is C10H15N3O2S. The van der Waals surface area contributed by atoms with Gasteiger partial charge in [0.05, 0.1) is 6.10 Å². The third-order valence-electron chi connectivity index (χ3n) is 2.10. The highest BCUT2D eigenvalue weighted by atomic mass is 32.1. The van der Waals surface area contributed by atoms with Gasteiger partial charge in [-0.25, -0.2) is 0 Å². The molecule has 0 fully saturated rings. The quantitative estimate of drug-likeness (QED) is 0.463. The lowest BCUT2D eigenvalue weighted by atomic mass is 10.0. The van der Waals surface area contributed by atoms with Crippen LogP contribution in [-0.2, 0) is 0 Å². The Kier molecular flexibility index (Phi) is 4.63. The Labute approximate surface area is 99.1 Å². The van der Waals surface area contributed by atoms with Gasteiger partial charge in [-0.2, -0.15) is 0 Å². The topological polar surface area (TPSA) is 105 Å². The maximum atomic E-state index is 9.73. The van der Waals surface area contributed by atoms with Crippen molar-refractivity contribution in [3.63, 3.8) is 0 Å². The van der Waals surface area contributed by atoms with E-state index in [1.54, 1.807) is 24.3 Å². The van der Waals surface area contributed by atoms with Crippen molar-refractivity contribution in [2.24, 2.45) is 11.5 Å². The Balaban J connectivity index is 2.85. The Morgan fingerprint density at radius 3 is 2.69 bits per heavy atom. The number of aliphatic hydroxyl groups excluding tert-OH is 2. The molecule has 2 unspecified atom stereocenters. The van der Waals surface area contributed by atoms with Crippen LogP contribution in [0, 0.1) is 0 Å². The van der Waals surface area contributed by atoms with Crippen LogP contribution in [-0.4, -0.2) is 28.0 Å². The molecule has 1 aromatic carbocycles. The van der Waals surface area contributed by atoms with Crippen LogP contribution in [0.2, 0.25) is 0 Å².